The molecule has 0 radical (unpaired) electrons. The lowest BCUT2D eigenvalue weighted by molar-refractivity contribution is -0.131. The lowest BCUT2D eigenvalue weighted by atomic mass is 10.1. The molecular formula is C18H14FNO4. The van der Waals surface area contributed by atoms with Crippen molar-refractivity contribution < 1.29 is 23.5 Å². The molecular weight excluding hydrogens is 313 g/mol. The number of hydrogen-bond donors (Lipinski definition) is 1. The summed E-state index contributed by atoms with van der Waals surface area (Å²) in [5.41, 5.74) is 1.57. The summed E-state index contributed by atoms with van der Waals surface area (Å²) in [6, 6.07) is 9.56. The molecule has 0 atom stereocenters. The van der Waals surface area contributed by atoms with Crippen LogP contribution in [-0.2, 0) is 9.59 Å². The maximum absolute atomic E-state index is 14.1. The van der Waals surface area contributed by atoms with Crippen LogP contribution in [0, 0.1) is 5.82 Å². The molecule has 0 unspecified atom stereocenters. The second kappa shape index (κ2) is 6.54. The molecule has 122 valence electrons. The molecule has 2 aromatic rings. The van der Waals surface area contributed by atoms with Crippen LogP contribution in [0.3, 0.4) is 0 Å². The largest absolute Gasteiger partial charge is 0.481 e. The molecule has 1 amide bonds. The molecule has 1 N–H and O–H groups in total. The van der Waals surface area contributed by atoms with E-state index < -0.39 is 11.8 Å². The second-order valence-corrected chi connectivity index (χ2v) is 5.20. The van der Waals surface area contributed by atoms with Crippen LogP contribution in [0.5, 0.6) is 11.5 Å². The van der Waals surface area contributed by atoms with Gasteiger partial charge >= 0.3 is 5.97 Å². The van der Waals surface area contributed by atoms with E-state index in [2.05, 4.69) is 5.32 Å². The minimum Gasteiger partial charge on any atom is -0.481 e. The van der Waals surface area contributed by atoms with Crippen LogP contribution in [0.25, 0.3) is 12.2 Å². The SMILES string of the molecule is CC(=O)Oc1ccc(C=Cc2cc3c(cc2F)OCC(=O)N3)cc1. The molecule has 0 spiro atoms. The van der Waals surface area contributed by atoms with E-state index in [9.17, 15) is 14.0 Å². The van der Waals surface area contributed by atoms with Gasteiger partial charge in [0.1, 0.15) is 17.3 Å². The number of ether oxygens (including phenoxy) is 2. The second-order valence-electron chi connectivity index (χ2n) is 5.20. The summed E-state index contributed by atoms with van der Waals surface area (Å²) < 4.78 is 24.2. The van der Waals surface area contributed by atoms with Crippen molar-refractivity contribution in [3.63, 3.8) is 0 Å². The van der Waals surface area contributed by atoms with Crippen LogP contribution in [0.1, 0.15) is 18.1 Å². The summed E-state index contributed by atoms with van der Waals surface area (Å²) in [5, 5.41) is 2.64. The van der Waals surface area contributed by atoms with E-state index >= 15 is 0 Å². The predicted octanol–water partition coefficient (Wildman–Crippen LogP) is 3.25. The third kappa shape index (κ3) is 3.60. The van der Waals surface area contributed by atoms with Gasteiger partial charge in [0.15, 0.2) is 6.61 Å². The van der Waals surface area contributed by atoms with E-state index in [1.165, 1.54) is 19.1 Å². The Labute approximate surface area is 137 Å². The number of carbonyl (C=O) groups is 2. The van der Waals surface area contributed by atoms with Gasteiger partial charge in [-0.2, -0.15) is 0 Å². The van der Waals surface area contributed by atoms with Crippen molar-refractivity contribution in [3.8, 4) is 11.5 Å². The fraction of sp³-hybridized carbons (Fsp3) is 0.111. The zero-order chi connectivity index (χ0) is 17.1. The molecule has 3 rings (SSSR count). The van der Waals surface area contributed by atoms with Gasteiger partial charge in [0.05, 0.1) is 5.69 Å². The summed E-state index contributed by atoms with van der Waals surface area (Å²) in [6.45, 7) is 1.21. The van der Waals surface area contributed by atoms with E-state index in [4.69, 9.17) is 9.47 Å². The molecule has 1 aliphatic heterocycles. The Morgan fingerprint density at radius 1 is 1.25 bits per heavy atom. The molecule has 6 heteroatoms. The fourth-order valence-corrected chi connectivity index (χ4v) is 2.25. The van der Waals surface area contributed by atoms with Gasteiger partial charge in [0.25, 0.3) is 5.91 Å². The van der Waals surface area contributed by atoms with Crippen molar-refractivity contribution in [3.05, 3.63) is 53.3 Å². The molecule has 0 fully saturated rings. The van der Waals surface area contributed by atoms with Crippen LogP contribution >= 0.6 is 0 Å². The molecule has 0 aromatic heterocycles. The Balaban J connectivity index is 1.80. The fourth-order valence-electron chi connectivity index (χ4n) is 2.25. The van der Waals surface area contributed by atoms with Crippen molar-refractivity contribution in [2.24, 2.45) is 0 Å². The molecule has 0 aliphatic carbocycles. The average molecular weight is 327 g/mol. The van der Waals surface area contributed by atoms with Gasteiger partial charge in [-0.1, -0.05) is 24.3 Å². The van der Waals surface area contributed by atoms with Crippen LogP contribution < -0.4 is 14.8 Å². The third-order valence-electron chi connectivity index (χ3n) is 3.33. The van der Waals surface area contributed by atoms with Gasteiger partial charge in [-0.05, 0) is 23.8 Å². The van der Waals surface area contributed by atoms with E-state index in [-0.39, 0.29) is 12.5 Å². The Morgan fingerprint density at radius 2 is 2.00 bits per heavy atom. The average Bonchev–Trinajstić information content (AvgIpc) is 2.54. The first kappa shape index (κ1) is 15.7. The van der Waals surface area contributed by atoms with Crippen molar-refractivity contribution >= 4 is 29.7 Å². The lowest BCUT2D eigenvalue weighted by Crippen LogP contribution is -2.25. The summed E-state index contributed by atoms with van der Waals surface area (Å²) in [6.07, 6.45) is 3.31. The molecule has 0 bridgehead atoms. The lowest BCUT2D eigenvalue weighted by Gasteiger charge is -2.18. The summed E-state index contributed by atoms with van der Waals surface area (Å²) in [7, 11) is 0. The van der Waals surface area contributed by atoms with Crippen molar-refractivity contribution in [1.82, 2.24) is 0 Å². The summed E-state index contributed by atoms with van der Waals surface area (Å²) in [5.74, 6) is -0.351. The smallest absolute Gasteiger partial charge is 0.308 e. The third-order valence-corrected chi connectivity index (χ3v) is 3.33. The molecule has 2 aromatic carbocycles. The summed E-state index contributed by atoms with van der Waals surface area (Å²) >= 11 is 0. The number of hydrogen-bond acceptors (Lipinski definition) is 4. The number of anilines is 1. The number of halogens is 1. The van der Waals surface area contributed by atoms with Crippen molar-refractivity contribution in [2.45, 2.75) is 6.92 Å². The van der Waals surface area contributed by atoms with Crippen LogP contribution in [0.2, 0.25) is 0 Å². The van der Waals surface area contributed by atoms with E-state index in [0.29, 0.717) is 22.7 Å². The number of esters is 1. The maximum atomic E-state index is 14.1. The Morgan fingerprint density at radius 3 is 2.71 bits per heavy atom. The number of fused-ring (bicyclic) bond motifs is 1. The minimum absolute atomic E-state index is 0.115. The van der Waals surface area contributed by atoms with Gasteiger partial charge in [-0.15, -0.1) is 0 Å². The Kier molecular flexibility index (Phi) is 4.29. The Bertz CT molecular complexity index is 828. The molecule has 0 saturated carbocycles. The van der Waals surface area contributed by atoms with Crippen molar-refractivity contribution in [2.75, 3.05) is 11.9 Å². The first-order chi connectivity index (χ1) is 11.5. The molecule has 1 heterocycles. The Hall–Kier alpha value is -3.15. The van der Waals surface area contributed by atoms with Gasteiger partial charge in [0, 0.05) is 18.6 Å². The van der Waals surface area contributed by atoms with E-state index in [1.807, 2.05) is 0 Å². The zero-order valence-electron chi connectivity index (χ0n) is 12.8. The van der Waals surface area contributed by atoms with Crippen LogP contribution in [0.4, 0.5) is 10.1 Å². The van der Waals surface area contributed by atoms with Gasteiger partial charge < -0.3 is 14.8 Å². The maximum Gasteiger partial charge on any atom is 0.308 e. The highest BCUT2D eigenvalue weighted by Gasteiger charge is 2.17. The van der Waals surface area contributed by atoms with Crippen LogP contribution in [-0.4, -0.2) is 18.5 Å². The number of amides is 1. The monoisotopic (exact) mass is 327 g/mol. The minimum atomic E-state index is -0.447. The number of nitrogens with one attached hydrogen (secondary N) is 1. The zero-order valence-corrected chi connectivity index (χ0v) is 12.8. The van der Waals surface area contributed by atoms with E-state index in [1.54, 1.807) is 36.4 Å². The normalized spacial score (nSPS) is 13.2. The first-order valence-electron chi connectivity index (χ1n) is 7.24. The summed E-state index contributed by atoms with van der Waals surface area (Å²) in [4.78, 5) is 22.2. The molecule has 24 heavy (non-hydrogen) atoms. The predicted molar refractivity (Wildman–Crippen MR) is 87.2 cm³/mol. The van der Waals surface area contributed by atoms with E-state index in [0.717, 1.165) is 5.56 Å². The van der Waals surface area contributed by atoms with Gasteiger partial charge in [0.2, 0.25) is 0 Å². The topological polar surface area (TPSA) is 64.6 Å². The highest BCUT2D eigenvalue weighted by atomic mass is 19.1. The number of carbonyl (C=O) groups excluding carboxylic acids is 2. The molecule has 1 aliphatic rings. The quantitative estimate of drug-likeness (QED) is 0.534. The molecule has 5 nitrogen and oxygen atoms in total. The highest BCUT2D eigenvalue weighted by Crippen LogP contribution is 2.31. The molecule has 0 saturated heterocycles. The van der Waals surface area contributed by atoms with Gasteiger partial charge in [-0.25, -0.2) is 4.39 Å². The number of rotatable bonds is 3. The first-order valence-corrected chi connectivity index (χ1v) is 7.24. The standard InChI is InChI=1S/C18H14FNO4/c1-11(21)24-14-6-3-12(4-7-14)2-5-13-8-16-17(9-15(13)19)23-10-18(22)20-16/h2-9H,10H2,1H3,(H,20,22). The highest BCUT2D eigenvalue weighted by molar-refractivity contribution is 5.96. The van der Waals surface area contributed by atoms with Crippen LogP contribution in [0.15, 0.2) is 36.4 Å². The van der Waals surface area contributed by atoms with Gasteiger partial charge in [-0.3, -0.25) is 9.59 Å². The number of benzene rings is 2. The van der Waals surface area contributed by atoms with Crippen molar-refractivity contribution in [1.29, 1.82) is 0 Å².